The third kappa shape index (κ3) is 7.61. The number of hydrogen-bond donors (Lipinski definition) is 0. The fourth-order valence-electron chi connectivity index (χ4n) is 4.01. The molecule has 1 heterocycles. The van der Waals surface area contributed by atoms with Crippen LogP contribution in [0, 0.1) is 11.8 Å². The predicted molar refractivity (Wildman–Crippen MR) is 133 cm³/mol. The van der Waals surface area contributed by atoms with E-state index in [1.165, 1.54) is 56.5 Å². The number of thiazole rings is 1. The van der Waals surface area contributed by atoms with Gasteiger partial charge in [0.1, 0.15) is 5.75 Å². The number of unbranched alkanes of at least 4 members (excludes halogenated alkanes) is 2. The second-order valence-electron chi connectivity index (χ2n) is 8.49. The van der Waals surface area contributed by atoms with E-state index < -0.39 is 0 Å². The van der Waals surface area contributed by atoms with Gasteiger partial charge in [-0.1, -0.05) is 78.4 Å². The maximum Gasteiger partial charge on any atom is 0.185 e. The van der Waals surface area contributed by atoms with Gasteiger partial charge in [0.25, 0.3) is 0 Å². The smallest absolute Gasteiger partial charge is 0.185 e. The number of rotatable bonds is 15. The van der Waals surface area contributed by atoms with Crippen LogP contribution in [0.2, 0.25) is 0 Å². The van der Waals surface area contributed by atoms with Gasteiger partial charge in [-0.25, -0.2) is 4.98 Å². The maximum absolute atomic E-state index is 5.41. The van der Waals surface area contributed by atoms with Gasteiger partial charge < -0.3 is 9.64 Å². The van der Waals surface area contributed by atoms with Crippen LogP contribution in [-0.4, -0.2) is 25.2 Å². The van der Waals surface area contributed by atoms with Gasteiger partial charge >= 0.3 is 0 Å². The first-order chi connectivity index (χ1) is 14.6. The summed E-state index contributed by atoms with van der Waals surface area (Å²) in [6.07, 6.45) is 10.3. The van der Waals surface area contributed by atoms with Crippen molar-refractivity contribution in [3.05, 3.63) is 29.6 Å². The van der Waals surface area contributed by atoms with E-state index in [0.29, 0.717) is 0 Å². The van der Waals surface area contributed by atoms with Crippen molar-refractivity contribution in [2.45, 2.75) is 79.1 Å². The van der Waals surface area contributed by atoms with Gasteiger partial charge in [0.2, 0.25) is 0 Å². The van der Waals surface area contributed by atoms with Crippen LogP contribution in [0.25, 0.3) is 11.3 Å². The molecule has 0 amide bonds. The van der Waals surface area contributed by atoms with E-state index in [4.69, 9.17) is 9.72 Å². The highest BCUT2D eigenvalue weighted by Gasteiger charge is 2.20. The predicted octanol–water partition coefficient (Wildman–Crippen LogP) is 8.06. The first-order valence-corrected chi connectivity index (χ1v) is 12.9. The Balaban J connectivity index is 2.22. The molecule has 2 unspecified atom stereocenters. The lowest BCUT2D eigenvalue weighted by Crippen LogP contribution is -2.34. The highest BCUT2D eigenvalue weighted by molar-refractivity contribution is 7.14. The van der Waals surface area contributed by atoms with Gasteiger partial charge in [-0.05, 0) is 36.8 Å². The lowest BCUT2D eigenvalue weighted by atomic mass is 9.96. The van der Waals surface area contributed by atoms with Crippen LogP contribution in [0.1, 0.15) is 79.1 Å². The zero-order valence-corrected chi connectivity index (χ0v) is 20.6. The van der Waals surface area contributed by atoms with Crippen molar-refractivity contribution in [2.24, 2.45) is 11.8 Å². The van der Waals surface area contributed by atoms with Gasteiger partial charge in [-0.2, -0.15) is 0 Å². The molecule has 0 aliphatic carbocycles. The third-order valence-corrected chi connectivity index (χ3v) is 7.07. The van der Waals surface area contributed by atoms with Gasteiger partial charge in [-0.15, -0.1) is 11.3 Å². The van der Waals surface area contributed by atoms with Crippen molar-refractivity contribution in [3.8, 4) is 17.0 Å². The Morgan fingerprint density at radius 3 is 2.13 bits per heavy atom. The van der Waals surface area contributed by atoms with E-state index in [1.807, 2.05) is 12.1 Å². The number of nitrogens with zero attached hydrogens (tertiary/aromatic N) is 2. The second-order valence-corrected chi connectivity index (χ2v) is 9.32. The molecule has 0 aliphatic rings. The quantitative estimate of drug-likeness (QED) is 0.286. The van der Waals surface area contributed by atoms with E-state index in [0.717, 1.165) is 41.9 Å². The first-order valence-electron chi connectivity index (χ1n) is 12.0. The van der Waals surface area contributed by atoms with Gasteiger partial charge in [0.15, 0.2) is 5.13 Å². The minimum absolute atomic E-state index is 0.748. The zero-order chi connectivity index (χ0) is 21.8. The highest BCUT2D eigenvalue weighted by atomic mass is 32.1. The molecule has 30 heavy (non-hydrogen) atoms. The Morgan fingerprint density at radius 1 is 0.967 bits per heavy atom. The molecule has 0 radical (unpaired) electrons. The Hall–Kier alpha value is -1.55. The summed E-state index contributed by atoms with van der Waals surface area (Å²) < 4.78 is 5.41. The van der Waals surface area contributed by atoms with Crippen LogP contribution >= 0.6 is 11.3 Å². The standard InChI is InChI=1S/C26H42N2OS/c1-6-10-13-21(8-3)18-28(19-22(9-4)14-11-7-2)26-27-25(20-30-26)23-15-12-16-24(17-23)29-5/h12,15-17,20-22H,6-11,13-14,18-19H2,1-5H3. The lowest BCUT2D eigenvalue weighted by molar-refractivity contribution is 0.403. The molecule has 0 bridgehead atoms. The highest BCUT2D eigenvalue weighted by Crippen LogP contribution is 2.31. The monoisotopic (exact) mass is 430 g/mol. The minimum Gasteiger partial charge on any atom is -0.497 e. The van der Waals surface area contributed by atoms with Gasteiger partial charge in [0.05, 0.1) is 12.8 Å². The molecule has 2 rings (SSSR count). The number of hydrogen-bond acceptors (Lipinski definition) is 4. The maximum atomic E-state index is 5.41. The largest absolute Gasteiger partial charge is 0.497 e. The van der Waals surface area contributed by atoms with Crippen molar-refractivity contribution in [1.29, 1.82) is 0 Å². The molecule has 1 aromatic carbocycles. The minimum atomic E-state index is 0.748. The van der Waals surface area contributed by atoms with Crippen molar-refractivity contribution >= 4 is 16.5 Å². The first kappa shape index (κ1) is 24.7. The number of methoxy groups -OCH3 is 1. The average molecular weight is 431 g/mol. The molecule has 2 atom stereocenters. The summed E-state index contributed by atoms with van der Waals surface area (Å²) in [7, 11) is 1.72. The molecular weight excluding hydrogens is 388 g/mol. The summed E-state index contributed by atoms with van der Waals surface area (Å²) in [4.78, 5) is 7.68. The number of anilines is 1. The third-order valence-electron chi connectivity index (χ3n) is 6.17. The van der Waals surface area contributed by atoms with E-state index in [2.05, 4.69) is 50.1 Å². The molecule has 168 valence electrons. The molecule has 0 saturated carbocycles. The topological polar surface area (TPSA) is 25.4 Å². The molecule has 0 N–H and O–H groups in total. The van der Waals surface area contributed by atoms with Gasteiger partial charge in [0, 0.05) is 24.0 Å². The molecule has 2 aromatic rings. The molecule has 0 spiro atoms. The van der Waals surface area contributed by atoms with Crippen molar-refractivity contribution in [1.82, 2.24) is 4.98 Å². The molecule has 0 fully saturated rings. The molecule has 1 aromatic heterocycles. The normalized spacial score (nSPS) is 13.2. The average Bonchev–Trinajstić information content (AvgIpc) is 3.28. The summed E-state index contributed by atoms with van der Waals surface area (Å²) in [6, 6.07) is 8.23. The van der Waals surface area contributed by atoms with E-state index in [-0.39, 0.29) is 0 Å². The van der Waals surface area contributed by atoms with E-state index in [1.54, 1.807) is 18.4 Å². The van der Waals surface area contributed by atoms with Crippen molar-refractivity contribution < 1.29 is 4.74 Å². The summed E-state index contributed by atoms with van der Waals surface area (Å²) in [5.41, 5.74) is 2.19. The summed E-state index contributed by atoms with van der Waals surface area (Å²) >= 11 is 1.79. The second kappa shape index (κ2) is 13.7. The van der Waals surface area contributed by atoms with Crippen molar-refractivity contribution in [2.75, 3.05) is 25.1 Å². The fourth-order valence-corrected chi connectivity index (χ4v) is 4.87. The van der Waals surface area contributed by atoms with Gasteiger partial charge in [-0.3, -0.25) is 0 Å². The van der Waals surface area contributed by atoms with Crippen LogP contribution in [0.15, 0.2) is 29.6 Å². The Bertz CT molecular complexity index is 697. The van der Waals surface area contributed by atoms with Crippen LogP contribution < -0.4 is 9.64 Å². The molecule has 0 saturated heterocycles. The Morgan fingerprint density at radius 2 is 1.60 bits per heavy atom. The molecule has 4 heteroatoms. The van der Waals surface area contributed by atoms with Crippen LogP contribution in [0.4, 0.5) is 5.13 Å². The number of ether oxygens (including phenoxy) is 1. The lowest BCUT2D eigenvalue weighted by Gasteiger charge is -2.30. The Labute approximate surface area is 188 Å². The SMILES string of the molecule is CCCCC(CC)CN(CC(CC)CCCC)c1nc(-c2cccc(OC)c2)cs1. The van der Waals surface area contributed by atoms with E-state index >= 15 is 0 Å². The number of benzene rings is 1. The zero-order valence-electron chi connectivity index (χ0n) is 19.8. The number of aromatic nitrogens is 1. The van der Waals surface area contributed by atoms with Crippen LogP contribution in [0.5, 0.6) is 5.75 Å². The van der Waals surface area contributed by atoms with E-state index in [9.17, 15) is 0 Å². The molecule has 0 aliphatic heterocycles. The molecule has 3 nitrogen and oxygen atoms in total. The Kier molecular flexibility index (Phi) is 11.3. The summed E-state index contributed by atoms with van der Waals surface area (Å²) in [5, 5.41) is 3.38. The molecular formula is C26H42N2OS. The summed E-state index contributed by atoms with van der Waals surface area (Å²) in [5.74, 6) is 2.38. The summed E-state index contributed by atoms with van der Waals surface area (Å²) in [6.45, 7) is 11.5. The van der Waals surface area contributed by atoms with Crippen LogP contribution in [-0.2, 0) is 0 Å². The van der Waals surface area contributed by atoms with Crippen LogP contribution in [0.3, 0.4) is 0 Å². The van der Waals surface area contributed by atoms with Crippen molar-refractivity contribution in [3.63, 3.8) is 0 Å². The fraction of sp³-hybridized carbons (Fsp3) is 0.654.